The molecule has 0 heterocycles. The van der Waals surface area contributed by atoms with Gasteiger partial charge in [0.1, 0.15) is 11.5 Å². The van der Waals surface area contributed by atoms with Crippen molar-refractivity contribution in [1.82, 2.24) is 5.32 Å². The van der Waals surface area contributed by atoms with Crippen LogP contribution in [0.15, 0.2) is 48.5 Å². The number of amides is 1. The predicted octanol–water partition coefficient (Wildman–Crippen LogP) is 4.29. The second kappa shape index (κ2) is 9.11. The number of nitrogens with one attached hydrogen (secondary N) is 1. The average molecular weight is 341 g/mol. The number of carbonyl (C=O) groups excluding carboxylic acids is 1. The van der Waals surface area contributed by atoms with Crippen molar-refractivity contribution >= 4 is 5.91 Å². The lowest BCUT2D eigenvalue weighted by Crippen LogP contribution is -2.33. The summed E-state index contributed by atoms with van der Waals surface area (Å²) in [5.41, 5.74) is 2.17. The fraction of sp³-hybridized carbons (Fsp3) is 0.381. The molecular formula is C21H27NO3. The fourth-order valence-electron chi connectivity index (χ4n) is 2.68. The van der Waals surface area contributed by atoms with Gasteiger partial charge >= 0.3 is 0 Å². The summed E-state index contributed by atoms with van der Waals surface area (Å²) in [5.74, 6) is 1.86. The Labute approximate surface area is 150 Å². The molecule has 0 radical (unpaired) electrons. The molecule has 0 spiro atoms. The first-order valence-corrected chi connectivity index (χ1v) is 8.60. The van der Waals surface area contributed by atoms with Crippen LogP contribution in [-0.2, 0) is 4.79 Å². The average Bonchev–Trinajstić information content (AvgIpc) is 2.59. The summed E-state index contributed by atoms with van der Waals surface area (Å²) in [7, 11) is 1.64. The highest BCUT2D eigenvalue weighted by Crippen LogP contribution is 2.23. The van der Waals surface area contributed by atoms with Gasteiger partial charge < -0.3 is 14.8 Å². The Bertz CT molecular complexity index is 680. The summed E-state index contributed by atoms with van der Waals surface area (Å²) in [4.78, 5) is 12.3. The Morgan fingerprint density at radius 2 is 1.80 bits per heavy atom. The van der Waals surface area contributed by atoms with E-state index in [1.807, 2.05) is 55.5 Å². The monoisotopic (exact) mass is 341 g/mol. The molecule has 0 bridgehead atoms. The van der Waals surface area contributed by atoms with Gasteiger partial charge in [0, 0.05) is 0 Å². The molecule has 0 aliphatic heterocycles. The lowest BCUT2D eigenvalue weighted by molar-refractivity contribution is -0.124. The van der Waals surface area contributed by atoms with E-state index >= 15 is 0 Å². The lowest BCUT2D eigenvalue weighted by atomic mass is 9.97. The molecule has 1 atom stereocenters. The molecule has 0 saturated carbocycles. The van der Waals surface area contributed by atoms with Crippen LogP contribution in [0.2, 0.25) is 0 Å². The number of benzene rings is 2. The molecule has 0 aliphatic rings. The van der Waals surface area contributed by atoms with Crippen molar-refractivity contribution in [3.8, 4) is 11.5 Å². The summed E-state index contributed by atoms with van der Waals surface area (Å²) in [6, 6.07) is 15.5. The van der Waals surface area contributed by atoms with Crippen LogP contribution >= 0.6 is 0 Å². The number of rotatable bonds is 8. The molecule has 4 nitrogen and oxygen atoms in total. The van der Waals surface area contributed by atoms with E-state index in [4.69, 9.17) is 9.47 Å². The Kier molecular flexibility index (Phi) is 6.87. The van der Waals surface area contributed by atoms with Crippen LogP contribution in [0.4, 0.5) is 0 Å². The van der Waals surface area contributed by atoms with Gasteiger partial charge in [-0.3, -0.25) is 4.79 Å². The zero-order valence-corrected chi connectivity index (χ0v) is 15.4. The van der Waals surface area contributed by atoms with E-state index in [0.717, 1.165) is 23.3 Å². The third kappa shape index (κ3) is 6.14. The third-order valence-corrected chi connectivity index (χ3v) is 3.92. The van der Waals surface area contributed by atoms with Gasteiger partial charge in [0.25, 0.3) is 5.91 Å². The molecule has 1 N–H and O–H groups in total. The summed E-state index contributed by atoms with van der Waals surface area (Å²) >= 11 is 0. The molecular weight excluding hydrogens is 314 g/mol. The SMILES string of the molecule is COc1ccc(C(CC(C)C)NC(=O)COc2cccc(C)c2)cc1. The molecule has 1 amide bonds. The standard InChI is InChI=1S/C21H27NO3/c1-15(2)12-20(17-8-10-18(24-4)11-9-17)22-21(23)14-25-19-7-5-6-16(3)13-19/h5-11,13,15,20H,12,14H2,1-4H3,(H,22,23). The molecule has 0 fully saturated rings. The van der Waals surface area contributed by atoms with Gasteiger partial charge in [0.15, 0.2) is 6.61 Å². The molecule has 0 aromatic heterocycles. The maximum atomic E-state index is 12.3. The van der Waals surface area contributed by atoms with E-state index in [1.54, 1.807) is 7.11 Å². The van der Waals surface area contributed by atoms with Crippen LogP contribution in [0.1, 0.15) is 37.4 Å². The number of methoxy groups -OCH3 is 1. The lowest BCUT2D eigenvalue weighted by Gasteiger charge is -2.21. The minimum absolute atomic E-state index is 0.00814. The zero-order chi connectivity index (χ0) is 18.2. The van der Waals surface area contributed by atoms with E-state index in [2.05, 4.69) is 19.2 Å². The van der Waals surface area contributed by atoms with Gasteiger partial charge in [-0.15, -0.1) is 0 Å². The Balaban J connectivity index is 1.98. The quantitative estimate of drug-likeness (QED) is 0.779. The maximum Gasteiger partial charge on any atom is 0.258 e. The second-order valence-corrected chi connectivity index (χ2v) is 6.63. The number of hydrogen-bond acceptors (Lipinski definition) is 3. The Morgan fingerprint density at radius 3 is 2.40 bits per heavy atom. The van der Waals surface area contributed by atoms with Crippen LogP contribution in [0.3, 0.4) is 0 Å². The largest absolute Gasteiger partial charge is 0.497 e. The third-order valence-electron chi connectivity index (χ3n) is 3.92. The highest BCUT2D eigenvalue weighted by atomic mass is 16.5. The molecule has 4 heteroatoms. The highest BCUT2D eigenvalue weighted by Gasteiger charge is 2.16. The molecule has 2 rings (SSSR count). The van der Waals surface area contributed by atoms with Crippen molar-refractivity contribution in [2.75, 3.05) is 13.7 Å². The molecule has 2 aromatic rings. The van der Waals surface area contributed by atoms with Crippen molar-refractivity contribution in [1.29, 1.82) is 0 Å². The summed E-state index contributed by atoms with van der Waals surface area (Å²) in [6.45, 7) is 6.29. The number of ether oxygens (including phenoxy) is 2. The van der Waals surface area contributed by atoms with Crippen LogP contribution < -0.4 is 14.8 Å². The molecule has 0 aliphatic carbocycles. The smallest absolute Gasteiger partial charge is 0.258 e. The van der Waals surface area contributed by atoms with Crippen molar-refractivity contribution in [3.05, 3.63) is 59.7 Å². The normalized spacial score (nSPS) is 11.9. The number of hydrogen-bond donors (Lipinski definition) is 1. The molecule has 25 heavy (non-hydrogen) atoms. The molecule has 0 saturated heterocycles. The van der Waals surface area contributed by atoms with E-state index in [-0.39, 0.29) is 18.6 Å². The zero-order valence-electron chi connectivity index (χ0n) is 15.4. The first-order valence-electron chi connectivity index (χ1n) is 8.60. The molecule has 1 unspecified atom stereocenters. The van der Waals surface area contributed by atoms with Gasteiger partial charge in [-0.25, -0.2) is 0 Å². The van der Waals surface area contributed by atoms with Crippen LogP contribution in [0.25, 0.3) is 0 Å². The van der Waals surface area contributed by atoms with E-state index < -0.39 is 0 Å². The maximum absolute atomic E-state index is 12.3. The Morgan fingerprint density at radius 1 is 1.08 bits per heavy atom. The number of carbonyl (C=O) groups is 1. The second-order valence-electron chi connectivity index (χ2n) is 6.63. The van der Waals surface area contributed by atoms with Crippen LogP contribution in [0.5, 0.6) is 11.5 Å². The first kappa shape index (κ1) is 18.8. The minimum Gasteiger partial charge on any atom is -0.497 e. The number of aryl methyl sites for hydroxylation is 1. The topological polar surface area (TPSA) is 47.6 Å². The van der Waals surface area contributed by atoms with Gasteiger partial charge in [-0.2, -0.15) is 0 Å². The van der Waals surface area contributed by atoms with Crippen molar-refractivity contribution in [2.45, 2.75) is 33.2 Å². The van der Waals surface area contributed by atoms with E-state index in [0.29, 0.717) is 11.7 Å². The van der Waals surface area contributed by atoms with Gasteiger partial charge in [-0.05, 0) is 54.7 Å². The first-order chi connectivity index (χ1) is 12.0. The van der Waals surface area contributed by atoms with Gasteiger partial charge in [0.05, 0.1) is 13.2 Å². The summed E-state index contributed by atoms with van der Waals surface area (Å²) < 4.78 is 10.8. The summed E-state index contributed by atoms with van der Waals surface area (Å²) in [6.07, 6.45) is 0.864. The van der Waals surface area contributed by atoms with Crippen molar-refractivity contribution in [2.24, 2.45) is 5.92 Å². The van der Waals surface area contributed by atoms with Crippen molar-refractivity contribution < 1.29 is 14.3 Å². The fourth-order valence-corrected chi connectivity index (χ4v) is 2.68. The highest BCUT2D eigenvalue weighted by molar-refractivity contribution is 5.78. The van der Waals surface area contributed by atoms with E-state index in [1.165, 1.54) is 0 Å². The molecule has 134 valence electrons. The van der Waals surface area contributed by atoms with E-state index in [9.17, 15) is 4.79 Å². The summed E-state index contributed by atoms with van der Waals surface area (Å²) in [5, 5.41) is 3.08. The van der Waals surface area contributed by atoms with Gasteiger partial charge in [-0.1, -0.05) is 38.1 Å². The van der Waals surface area contributed by atoms with Gasteiger partial charge in [0.2, 0.25) is 0 Å². The predicted molar refractivity (Wildman–Crippen MR) is 100 cm³/mol. The minimum atomic E-state index is -0.122. The van der Waals surface area contributed by atoms with Crippen LogP contribution in [-0.4, -0.2) is 19.6 Å². The van der Waals surface area contributed by atoms with Crippen molar-refractivity contribution in [3.63, 3.8) is 0 Å². The molecule has 2 aromatic carbocycles. The van der Waals surface area contributed by atoms with Crippen LogP contribution in [0, 0.1) is 12.8 Å². The Hall–Kier alpha value is -2.49.